The van der Waals surface area contributed by atoms with Crippen molar-refractivity contribution in [1.29, 1.82) is 0 Å². The van der Waals surface area contributed by atoms with Crippen LogP contribution in [0, 0.1) is 6.92 Å². The molecule has 3 rings (SSSR count). The highest BCUT2D eigenvalue weighted by Crippen LogP contribution is 2.10. The summed E-state index contributed by atoms with van der Waals surface area (Å²) in [6, 6.07) is 22.2. The molecular weight excluding hydrogens is 598 g/mol. The molecule has 0 aliphatic heterocycles. The third-order valence-corrected chi connectivity index (χ3v) is 7.60. The lowest BCUT2D eigenvalue weighted by Crippen LogP contribution is -2.60. The number of nitrogens with two attached hydrogens (primary N) is 1. The first kappa shape index (κ1) is 36.2. The Morgan fingerprint density at radius 1 is 0.723 bits per heavy atom. The van der Waals surface area contributed by atoms with E-state index in [1.165, 1.54) is 20.8 Å². The maximum atomic E-state index is 13.4. The first-order valence-corrected chi connectivity index (χ1v) is 15.4. The van der Waals surface area contributed by atoms with E-state index in [9.17, 15) is 28.8 Å². The molecule has 11 heteroatoms. The third kappa shape index (κ3) is 11.5. The maximum Gasteiger partial charge on any atom is 0.290 e. The standard InChI is InChI=1S/C36H43N5O6/c1-23-12-11-17-27(20-23)22-30(42)39-28(19-18-25-13-7-5-8-14-25)32(44)38-24(2)31(43)34(46)40-29(21-26-15-9-6-10-16-26)33(45)41-36(3,4)35(37)47/h5-17,20,24,28-29H,18-19,21-22H2,1-4H3,(H2,37,47)(H,38,44)(H,39,42)(H,40,46)(H,41,45)/t24?,28-,29-/m0/s1. The number of Topliss-reactive ketones (excluding diaryl/α,β-unsaturated/α-hetero) is 1. The fourth-order valence-corrected chi connectivity index (χ4v) is 4.80. The van der Waals surface area contributed by atoms with Crippen molar-refractivity contribution in [2.24, 2.45) is 5.73 Å². The zero-order chi connectivity index (χ0) is 34.6. The Bertz CT molecular complexity index is 1570. The molecule has 3 atom stereocenters. The number of nitrogens with one attached hydrogen (secondary N) is 4. The Kier molecular flexibility index (Phi) is 12.9. The predicted octanol–water partition coefficient (Wildman–Crippen LogP) is 1.84. The van der Waals surface area contributed by atoms with Crippen LogP contribution in [0.25, 0.3) is 0 Å². The second-order valence-corrected chi connectivity index (χ2v) is 12.1. The highest BCUT2D eigenvalue weighted by atomic mass is 16.2. The van der Waals surface area contributed by atoms with E-state index in [1.807, 2.05) is 61.5 Å². The van der Waals surface area contributed by atoms with Gasteiger partial charge in [-0.15, -0.1) is 0 Å². The van der Waals surface area contributed by atoms with E-state index in [4.69, 9.17) is 5.73 Å². The number of carbonyl (C=O) groups excluding carboxylic acids is 6. The first-order chi connectivity index (χ1) is 22.2. The Morgan fingerprint density at radius 2 is 1.32 bits per heavy atom. The zero-order valence-electron chi connectivity index (χ0n) is 27.2. The SMILES string of the molecule is Cc1cccc(CC(=O)N[C@@H](CCc2ccccc2)C(=O)NC(C)C(=O)C(=O)N[C@@H](Cc2ccccc2)C(=O)NC(C)(C)C(N)=O)c1. The number of benzene rings is 3. The Hall–Kier alpha value is -5.32. The molecular formula is C36H43N5O6. The molecule has 0 bridgehead atoms. The molecule has 3 aromatic carbocycles. The van der Waals surface area contributed by atoms with Crippen LogP contribution in [0.3, 0.4) is 0 Å². The highest BCUT2D eigenvalue weighted by molar-refractivity contribution is 6.38. The van der Waals surface area contributed by atoms with Gasteiger partial charge in [0.05, 0.1) is 12.5 Å². The van der Waals surface area contributed by atoms with Crippen LogP contribution in [-0.2, 0) is 48.0 Å². The minimum Gasteiger partial charge on any atom is -0.368 e. The Morgan fingerprint density at radius 3 is 1.91 bits per heavy atom. The van der Waals surface area contributed by atoms with Crippen molar-refractivity contribution in [2.45, 2.75) is 77.0 Å². The van der Waals surface area contributed by atoms with Crippen molar-refractivity contribution in [3.63, 3.8) is 0 Å². The van der Waals surface area contributed by atoms with Crippen molar-refractivity contribution < 1.29 is 28.8 Å². The second-order valence-electron chi connectivity index (χ2n) is 12.1. The molecule has 1 unspecified atom stereocenters. The first-order valence-electron chi connectivity index (χ1n) is 15.4. The molecule has 3 aromatic rings. The summed E-state index contributed by atoms with van der Waals surface area (Å²) in [5.41, 5.74) is 7.43. The van der Waals surface area contributed by atoms with Gasteiger partial charge in [-0.2, -0.15) is 0 Å². The predicted molar refractivity (Wildman–Crippen MR) is 178 cm³/mol. The molecule has 0 fully saturated rings. The summed E-state index contributed by atoms with van der Waals surface area (Å²) in [4.78, 5) is 77.6. The van der Waals surface area contributed by atoms with Crippen LogP contribution in [0.2, 0.25) is 0 Å². The molecule has 47 heavy (non-hydrogen) atoms. The number of carbonyl (C=O) groups is 6. The smallest absolute Gasteiger partial charge is 0.290 e. The molecule has 0 heterocycles. The number of hydrogen-bond donors (Lipinski definition) is 5. The fraction of sp³-hybridized carbons (Fsp3) is 0.333. The van der Waals surface area contributed by atoms with E-state index in [-0.39, 0.29) is 25.2 Å². The number of ketones is 1. The lowest BCUT2D eigenvalue weighted by Gasteiger charge is -2.26. The van der Waals surface area contributed by atoms with E-state index in [0.29, 0.717) is 12.0 Å². The zero-order valence-corrected chi connectivity index (χ0v) is 27.2. The number of aryl methyl sites for hydroxylation is 2. The third-order valence-electron chi connectivity index (χ3n) is 7.60. The summed E-state index contributed by atoms with van der Waals surface area (Å²) in [6.45, 7) is 6.12. The number of hydrogen-bond acceptors (Lipinski definition) is 6. The van der Waals surface area contributed by atoms with Gasteiger partial charge in [0.25, 0.3) is 5.91 Å². The summed E-state index contributed by atoms with van der Waals surface area (Å²) in [7, 11) is 0. The quantitative estimate of drug-likeness (QED) is 0.149. The van der Waals surface area contributed by atoms with Gasteiger partial charge in [0.1, 0.15) is 17.6 Å². The normalized spacial score (nSPS) is 12.9. The van der Waals surface area contributed by atoms with E-state index >= 15 is 0 Å². The molecule has 0 aromatic heterocycles. The summed E-state index contributed by atoms with van der Waals surface area (Å²) < 4.78 is 0. The number of rotatable bonds is 16. The summed E-state index contributed by atoms with van der Waals surface area (Å²) >= 11 is 0. The molecule has 0 saturated heterocycles. The van der Waals surface area contributed by atoms with Crippen molar-refractivity contribution >= 4 is 35.3 Å². The van der Waals surface area contributed by atoms with Gasteiger partial charge in [-0.05, 0) is 57.2 Å². The van der Waals surface area contributed by atoms with E-state index < -0.39 is 53.1 Å². The minimum absolute atomic E-state index is 0.0236. The fourth-order valence-electron chi connectivity index (χ4n) is 4.80. The van der Waals surface area contributed by atoms with Gasteiger partial charge in [0.2, 0.25) is 29.4 Å². The van der Waals surface area contributed by atoms with Crippen LogP contribution < -0.4 is 27.0 Å². The molecule has 11 nitrogen and oxygen atoms in total. The van der Waals surface area contributed by atoms with E-state index in [2.05, 4.69) is 21.3 Å². The summed E-state index contributed by atoms with van der Waals surface area (Å²) in [6.07, 6.45) is 0.808. The van der Waals surface area contributed by atoms with E-state index in [1.54, 1.807) is 30.3 Å². The average Bonchev–Trinajstić information content (AvgIpc) is 3.02. The van der Waals surface area contributed by atoms with Crippen LogP contribution in [-0.4, -0.2) is 59.0 Å². The average molecular weight is 642 g/mol. The molecule has 248 valence electrons. The minimum atomic E-state index is -1.42. The molecule has 0 aliphatic carbocycles. The van der Waals surface area contributed by atoms with Crippen molar-refractivity contribution in [3.8, 4) is 0 Å². The van der Waals surface area contributed by atoms with Crippen LogP contribution in [0.1, 0.15) is 49.4 Å². The van der Waals surface area contributed by atoms with E-state index in [0.717, 1.165) is 16.7 Å². The van der Waals surface area contributed by atoms with Crippen molar-refractivity contribution in [1.82, 2.24) is 21.3 Å². The van der Waals surface area contributed by atoms with Crippen molar-refractivity contribution in [3.05, 3.63) is 107 Å². The van der Waals surface area contributed by atoms with Crippen LogP contribution in [0.5, 0.6) is 0 Å². The maximum absolute atomic E-state index is 13.4. The molecule has 0 saturated carbocycles. The Labute approximate surface area is 275 Å². The van der Waals surface area contributed by atoms with Crippen LogP contribution in [0.4, 0.5) is 0 Å². The van der Waals surface area contributed by atoms with Gasteiger partial charge >= 0.3 is 0 Å². The van der Waals surface area contributed by atoms with Gasteiger partial charge in [-0.1, -0.05) is 90.5 Å². The lowest BCUT2D eigenvalue weighted by molar-refractivity contribution is -0.141. The van der Waals surface area contributed by atoms with Gasteiger partial charge in [-0.3, -0.25) is 28.8 Å². The van der Waals surface area contributed by atoms with Crippen molar-refractivity contribution in [2.75, 3.05) is 0 Å². The second kappa shape index (κ2) is 16.8. The molecule has 6 N–H and O–H groups in total. The van der Waals surface area contributed by atoms with Gasteiger partial charge in [-0.25, -0.2) is 0 Å². The number of primary amides is 1. The molecule has 0 aliphatic rings. The van der Waals surface area contributed by atoms with Crippen LogP contribution >= 0.6 is 0 Å². The Balaban J connectivity index is 1.70. The molecule has 5 amide bonds. The van der Waals surface area contributed by atoms with Gasteiger partial charge in [0.15, 0.2) is 0 Å². The van der Waals surface area contributed by atoms with Gasteiger partial charge in [0, 0.05) is 6.42 Å². The molecule has 0 radical (unpaired) electrons. The van der Waals surface area contributed by atoms with Gasteiger partial charge < -0.3 is 27.0 Å². The van der Waals surface area contributed by atoms with Crippen LogP contribution in [0.15, 0.2) is 84.9 Å². The summed E-state index contributed by atoms with van der Waals surface area (Å²) in [5, 5.41) is 10.3. The molecule has 0 spiro atoms. The topological polar surface area (TPSA) is 177 Å². The largest absolute Gasteiger partial charge is 0.368 e. The monoisotopic (exact) mass is 641 g/mol. The highest BCUT2D eigenvalue weighted by Gasteiger charge is 2.34. The summed E-state index contributed by atoms with van der Waals surface area (Å²) in [5.74, 6) is -4.59. The number of amides is 5. The lowest BCUT2D eigenvalue weighted by atomic mass is 10.0.